The smallest absolute Gasteiger partial charge is 0.153 e. The molecule has 0 unspecified atom stereocenters. The maximum atomic E-state index is 14.1. The third-order valence-corrected chi connectivity index (χ3v) is 5.46. The molecule has 7 heteroatoms. The average Bonchev–Trinajstić information content (AvgIpc) is 2.55. The number of nitrogens with one attached hydrogen (secondary N) is 1. The summed E-state index contributed by atoms with van der Waals surface area (Å²) in [7, 11) is -2.98. The second-order valence-corrected chi connectivity index (χ2v) is 7.82. The van der Waals surface area contributed by atoms with Crippen molar-refractivity contribution >= 4 is 21.2 Å². The molecule has 23 heavy (non-hydrogen) atoms. The first-order chi connectivity index (χ1) is 11.0. The summed E-state index contributed by atoms with van der Waals surface area (Å²) in [4.78, 5) is 5.83. The highest BCUT2D eigenvalue weighted by Crippen LogP contribution is 2.25. The molecule has 1 fully saturated rings. The van der Waals surface area contributed by atoms with Gasteiger partial charge in [-0.3, -0.25) is 4.98 Å². The van der Waals surface area contributed by atoms with E-state index in [2.05, 4.69) is 10.3 Å². The molecule has 1 aromatic heterocycles. The van der Waals surface area contributed by atoms with E-state index in [1.165, 1.54) is 6.07 Å². The van der Waals surface area contributed by atoms with Gasteiger partial charge in [-0.05, 0) is 29.8 Å². The average molecular weight is 335 g/mol. The van der Waals surface area contributed by atoms with Crippen molar-refractivity contribution < 1.29 is 12.8 Å². The predicted molar refractivity (Wildman–Crippen MR) is 88.8 cm³/mol. The third-order valence-electron chi connectivity index (χ3n) is 3.85. The van der Waals surface area contributed by atoms with Gasteiger partial charge < -0.3 is 10.2 Å². The minimum atomic E-state index is -2.98. The van der Waals surface area contributed by atoms with Gasteiger partial charge in [0.15, 0.2) is 9.84 Å². The molecule has 0 aliphatic carbocycles. The number of anilines is 2. The van der Waals surface area contributed by atoms with Gasteiger partial charge in [0.1, 0.15) is 5.82 Å². The van der Waals surface area contributed by atoms with Crippen LogP contribution in [-0.2, 0) is 16.4 Å². The lowest BCUT2D eigenvalue weighted by Gasteiger charge is -2.29. The standard InChI is InChI=1S/C16H18FN3O2S/c17-15-4-3-14(19-12-13-2-1-5-18-11-13)10-16(15)20-6-8-23(21,22)9-7-20/h1-5,10-11,19H,6-9,12H2. The van der Waals surface area contributed by atoms with Crippen molar-refractivity contribution in [1.29, 1.82) is 0 Å². The van der Waals surface area contributed by atoms with Crippen LogP contribution in [0.15, 0.2) is 42.7 Å². The summed E-state index contributed by atoms with van der Waals surface area (Å²) < 4.78 is 37.1. The maximum Gasteiger partial charge on any atom is 0.153 e. The molecule has 1 saturated heterocycles. The molecule has 0 amide bonds. The van der Waals surface area contributed by atoms with Crippen molar-refractivity contribution in [3.8, 4) is 0 Å². The van der Waals surface area contributed by atoms with Crippen LogP contribution in [-0.4, -0.2) is 38.0 Å². The van der Waals surface area contributed by atoms with Crippen molar-refractivity contribution in [2.24, 2.45) is 0 Å². The van der Waals surface area contributed by atoms with Gasteiger partial charge in [0.25, 0.3) is 0 Å². The number of nitrogens with zero attached hydrogens (tertiary/aromatic N) is 2. The lowest BCUT2D eigenvalue weighted by Crippen LogP contribution is -2.40. The first-order valence-corrected chi connectivity index (χ1v) is 9.23. The Labute approximate surface area is 135 Å². The number of pyridine rings is 1. The Morgan fingerprint density at radius 3 is 2.70 bits per heavy atom. The van der Waals surface area contributed by atoms with E-state index in [9.17, 15) is 12.8 Å². The molecule has 0 atom stereocenters. The fourth-order valence-corrected chi connectivity index (χ4v) is 3.73. The topological polar surface area (TPSA) is 62.3 Å². The predicted octanol–water partition coefficient (Wildman–Crippen LogP) is 2.07. The van der Waals surface area contributed by atoms with E-state index in [4.69, 9.17) is 0 Å². The number of hydrogen-bond acceptors (Lipinski definition) is 5. The maximum absolute atomic E-state index is 14.1. The van der Waals surface area contributed by atoms with Gasteiger partial charge in [-0.15, -0.1) is 0 Å². The van der Waals surface area contributed by atoms with Gasteiger partial charge in [-0.1, -0.05) is 6.07 Å². The van der Waals surface area contributed by atoms with Crippen molar-refractivity contribution in [1.82, 2.24) is 4.98 Å². The summed E-state index contributed by atoms with van der Waals surface area (Å²) in [5.74, 6) is -0.198. The first kappa shape index (κ1) is 15.7. The summed E-state index contributed by atoms with van der Waals surface area (Å²) in [6.07, 6.45) is 3.48. The van der Waals surface area contributed by atoms with Crippen LogP contribution in [0.1, 0.15) is 5.56 Å². The van der Waals surface area contributed by atoms with Gasteiger partial charge in [0, 0.05) is 37.7 Å². The Hall–Kier alpha value is -2.15. The van der Waals surface area contributed by atoms with Crippen molar-refractivity contribution in [2.75, 3.05) is 34.8 Å². The molecular weight excluding hydrogens is 317 g/mol. The zero-order chi connectivity index (χ0) is 16.3. The Morgan fingerprint density at radius 1 is 1.22 bits per heavy atom. The fraction of sp³-hybridized carbons (Fsp3) is 0.312. The van der Waals surface area contributed by atoms with Gasteiger partial charge in [0.2, 0.25) is 0 Å². The fourth-order valence-electron chi connectivity index (χ4n) is 2.53. The van der Waals surface area contributed by atoms with E-state index in [0.717, 1.165) is 11.3 Å². The molecule has 1 N–H and O–H groups in total. The summed E-state index contributed by atoms with van der Waals surface area (Å²) >= 11 is 0. The molecule has 1 aliphatic rings. The van der Waals surface area contributed by atoms with Crippen molar-refractivity contribution in [3.05, 3.63) is 54.1 Å². The normalized spacial score (nSPS) is 17.0. The van der Waals surface area contributed by atoms with Gasteiger partial charge in [-0.25, -0.2) is 12.8 Å². The molecule has 1 aromatic carbocycles. The zero-order valence-electron chi connectivity index (χ0n) is 12.6. The highest BCUT2D eigenvalue weighted by Gasteiger charge is 2.23. The molecule has 0 bridgehead atoms. The van der Waals surface area contributed by atoms with Crippen LogP contribution in [0.5, 0.6) is 0 Å². The molecule has 1 aliphatic heterocycles. The highest BCUT2D eigenvalue weighted by molar-refractivity contribution is 7.91. The van der Waals surface area contributed by atoms with E-state index < -0.39 is 9.84 Å². The second kappa shape index (κ2) is 6.54. The molecule has 122 valence electrons. The SMILES string of the molecule is O=S1(=O)CCN(c2cc(NCc3cccnc3)ccc2F)CC1. The minimum Gasteiger partial charge on any atom is -0.381 e. The lowest BCUT2D eigenvalue weighted by atomic mass is 10.2. The van der Waals surface area contributed by atoms with Gasteiger partial charge in [0.05, 0.1) is 17.2 Å². The molecule has 0 radical (unpaired) electrons. The molecule has 3 rings (SSSR count). The van der Waals surface area contributed by atoms with E-state index in [-0.39, 0.29) is 17.3 Å². The largest absolute Gasteiger partial charge is 0.381 e. The second-order valence-electron chi connectivity index (χ2n) is 5.52. The third kappa shape index (κ3) is 3.98. The van der Waals surface area contributed by atoms with Crippen molar-refractivity contribution in [2.45, 2.75) is 6.54 Å². The van der Waals surface area contributed by atoms with Crippen LogP contribution in [0.2, 0.25) is 0 Å². The molecule has 2 aromatic rings. The Balaban J connectivity index is 1.72. The number of benzene rings is 1. The van der Waals surface area contributed by atoms with Crippen molar-refractivity contribution in [3.63, 3.8) is 0 Å². The Bertz CT molecular complexity index is 767. The van der Waals surface area contributed by atoms with Gasteiger partial charge in [-0.2, -0.15) is 0 Å². The van der Waals surface area contributed by atoms with E-state index >= 15 is 0 Å². The quantitative estimate of drug-likeness (QED) is 0.927. The van der Waals surface area contributed by atoms with E-state index in [0.29, 0.717) is 25.3 Å². The summed E-state index contributed by atoms with van der Waals surface area (Å²) in [6.45, 7) is 1.24. The van der Waals surface area contributed by atoms with Crippen LogP contribution in [0.4, 0.5) is 15.8 Å². The van der Waals surface area contributed by atoms with Gasteiger partial charge >= 0.3 is 0 Å². The molecule has 5 nitrogen and oxygen atoms in total. The van der Waals surface area contributed by atoms with Crippen LogP contribution < -0.4 is 10.2 Å². The highest BCUT2D eigenvalue weighted by atomic mass is 32.2. The first-order valence-electron chi connectivity index (χ1n) is 7.41. The molecular formula is C16H18FN3O2S. The van der Waals surface area contributed by atoms with Crippen LogP contribution >= 0.6 is 0 Å². The number of hydrogen-bond donors (Lipinski definition) is 1. The summed E-state index contributed by atoms with van der Waals surface area (Å²) in [5.41, 5.74) is 2.26. The number of aromatic nitrogens is 1. The number of sulfone groups is 1. The Morgan fingerprint density at radius 2 is 2.00 bits per heavy atom. The monoisotopic (exact) mass is 335 g/mol. The van der Waals surface area contributed by atoms with Crippen LogP contribution in [0.3, 0.4) is 0 Å². The van der Waals surface area contributed by atoms with Crippen LogP contribution in [0, 0.1) is 5.82 Å². The number of halogens is 1. The zero-order valence-corrected chi connectivity index (χ0v) is 13.4. The van der Waals surface area contributed by atoms with E-state index in [1.54, 1.807) is 29.4 Å². The molecule has 2 heterocycles. The Kier molecular flexibility index (Phi) is 4.47. The lowest BCUT2D eigenvalue weighted by molar-refractivity contribution is 0.582. The summed E-state index contributed by atoms with van der Waals surface area (Å²) in [5, 5.41) is 3.23. The minimum absolute atomic E-state index is 0.0692. The molecule has 0 spiro atoms. The van der Waals surface area contributed by atoms with E-state index in [1.807, 2.05) is 12.1 Å². The summed E-state index contributed by atoms with van der Waals surface area (Å²) in [6, 6.07) is 8.63. The molecule has 0 saturated carbocycles. The van der Waals surface area contributed by atoms with Crippen LogP contribution in [0.25, 0.3) is 0 Å². The number of rotatable bonds is 4.